The quantitative estimate of drug-likeness (QED) is 0.769. The summed E-state index contributed by atoms with van der Waals surface area (Å²) in [6.07, 6.45) is 1.32. The summed E-state index contributed by atoms with van der Waals surface area (Å²) in [7, 11) is 0. The summed E-state index contributed by atoms with van der Waals surface area (Å²) in [4.78, 5) is 4.23. The van der Waals surface area contributed by atoms with Gasteiger partial charge in [0.2, 0.25) is 5.89 Å². The van der Waals surface area contributed by atoms with Crippen molar-refractivity contribution in [3.05, 3.63) is 11.7 Å². The minimum absolute atomic E-state index is 0.0685. The Kier molecular flexibility index (Phi) is 3.03. The first-order valence-electron chi connectivity index (χ1n) is 4.48. The average molecular weight is 184 g/mol. The molecule has 0 atom stereocenters. The van der Waals surface area contributed by atoms with Crippen LogP contribution in [0.3, 0.4) is 0 Å². The first-order valence-corrected chi connectivity index (χ1v) is 4.48. The zero-order valence-corrected chi connectivity index (χ0v) is 8.37. The van der Waals surface area contributed by atoms with E-state index in [0.29, 0.717) is 18.7 Å². The van der Waals surface area contributed by atoms with Gasteiger partial charge in [-0.05, 0) is 6.42 Å². The van der Waals surface area contributed by atoms with Crippen molar-refractivity contribution >= 4 is 0 Å². The Morgan fingerprint density at radius 1 is 1.38 bits per heavy atom. The minimum Gasteiger partial charge on any atom is -0.396 e. The van der Waals surface area contributed by atoms with Gasteiger partial charge < -0.3 is 9.63 Å². The van der Waals surface area contributed by atoms with E-state index >= 15 is 0 Å². The molecule has 0 spiro atoms. The topological polar surface area (TPSA) is 59.2 Å². The van der Waals surface area contributed by atoms with Crippen LogP contribution in [-0.4, -0.2) is 21.9 Å². The Morgan fingerprint density at radius 3 is 2.54 bits per heavy atom. The molecule has 0 radical (unpaired) electrons. The highest BCUT2D eigenvalue weighted by Gasteiger charge is 2.20. The molecule has 0 saturated heterocycles. The lowest BCUT2D eigenvalue weighted by Gasteiger charge is -2.10. The Hall–Kier alpha value is -0.900. The summed E-state index contributed by atoms with van der Waals surface area (Å²) in [6, 6.07) is 0. The fourth-order valence-corrected chi connectivity index (χ4v) is 0.891. The van der Waals surface area contributed by atoms with Crippen LogP contribution >= 0.6 is 0 Å². The molecule has 0 unspecified atom stereocenters. The van der Waals surface area contributed by atoms with Gasteiger partial charge in [-0.2, -0.15) is 4.98 Å². The maximum Gasteiger partial charge on any atom is 0.226 e. The van der Waals surface area contributed by atoms with Gasteiger partial charge in [0.1, 0.15) is 0 Å². The Balaban J connectivity index is 2.64. The van der Waals surface area contributed by atoms with Gasteiger partial charge in [-0.1, -0.05) is 25.9 Å². The van der Waals surface area contributed by atoms with Gasteiger partial charge in [0, 0.05) is 18.4 Å². The van der Waals surface area contributed by atoms with Gasteiger partial charge in [-0.15, -0.1) is 0 Å². The van der Waals surface area contributed by atoms with Crippen molar-refractivity contribution in [1.82, 2.24) is 10.1 Å². The highest BCUT2D eigenvalue weighted by Crippen LogP contribution is 2.18. The highest BCUT2D eigenvalue weighted by atomic mass is 16.5. The Labute approximate surface area is 78.0 Å². The van der Waals surface area contributed by atoms with Gasteiger partial charge in [0.15, 0.2) is 5.82 Å². The third-order valence-electron chi connectivity index (χ3n) is 1.69. The lowest BCUT2D eigenvalue weighted by Crippen LogP contribution is -2.13. The summed E-state index contributed by atoms with van der Waals surface area (Å²) in [5, 5.41) is 12.5. The average Bonchev–Trinajstić information content (AvgIpc) is 2.47. The number of rotatable bonds is 3. The number of nitrogens with zero attached hydrogens (tertiary/aromatic N) is 2. The van der Waals surface area contributed by atoms with Gasteiger partial charge in [0.05, 0.1) is 0 Å². The molecule has 4 nitrogen and oxygen atoms in total. The van der Waals surface area contributed by atoms with E-state index in [1.165, 1.54) is 0 Å². The molecule has 1 aromatic rings. The molecule has 0 bridgehead atoms. The van der Waals surface area contributed by atoms with E-state index in [9.17, 15) is 0 Å². The molecular formula is C9H16N2O2. The lowest BCUT2D eigenvalue weighted by molar-refractivity contribution is 0.278. The van der Waals surface area contributed by atoms with Crippen LogP contribution in [0.2, 0.25) is 0 Å². The number of aryl methyl sites for hydroxylation is 1. The number of aliphatic hydroxyl groups excluding tert-OH is 1. The van der Waals surface area contributed by atoms with Gasteiger partial charge in [-0.25, -0.2) is 0 Å². The van der Waals surface area contributed by atoms with E-state index in [1.54, 1.807) is 0 Å². The van der Waals surface area contributed by atoms with Crippen molar-refractivity contribution in [3.63, 3.8) is 0 Å². The van der Waals surface area contributed by atoms with Crippen molar-refractivity contribution in [2.75, 3.05) is 6.61 Å². The molecule has 0 aliphatic rings. The predicted molar refractivity (Wildman–Crippen MR) is 48.4 cm³/mol. The van der Waals surface area contributed by atoms with Gasteiger partial charge >= 0.3 is 0 Å². The van der Waals surface area contributed by atoms with Crippen molar-refractivity contribution in [2.24, 2.45) is 0 Å². The van der Waals surface area contributed by atoms with Crippen LogP contribution in [0.25, 0.3) is 0 Å². The summed E-state index contributed by atoms with van der Waals surface area (Å²) >= 11 is 0. The molecule has 13 heavy (non-hydrogen) atoms. The number of hydrogen-bond acceptors (Lipinski definition) is 4. The first kappa shape index (κ1) is 10.2. The van der Waals surface area contributed by atoms with Crippen LogP contribution in [0, 0.1) is 0 Å². The minimum atomic E-state index is -0.0685. The maximum atomic E-state index is 8.60. The normalized spacial score (nSPS) is 12.0. The van der Waals surface area contributed by atoms with Crippen molar-refractivity contribution < 1.29 is 9.63 Å². The van der Waals surface area contributed by atoms with E-state index in [1.807, 2.05) is 20.8 Å². The molecule has 0 saturated carbocycles. The van der Waals surface area contributed by atoms with E-state index in [4.69, 9.17) is 9.63 Å². The molecule has 0 amide bonds. The Bertz CT molecular complexity index is 263. The van der Waals surface area contributed by atoms with Gasteiger partial charge in [-0.3, -0.25) is 0 Å². The first-order chi connectivity index (χ1) is 6.04. The summed E-state index contributed by atoms with van der Waals surface area (Å²) in [5.41, 5.74) is -0.0685. The molecule has 0 aromatic carbocycles. The molecule has 1 aromatic heterocycles. The van der Waals surface area contributed by atoms with Crippen LogP contribution in [0.1, 0.15) is 38.9 Å². The largest absolute Gasteiger partial charge is 0.396 e. The van der Waals surface area contributed by atoms with Crippen LogP contribution in [0.5, 0.6) is 0 Å². The van der Waals surface area contributed by atoms with Crippen molar-refractivity contribution in [1.29, 1.82) is 0 Å². The molecule has 0 aliphatic carbocycles. The predicted octanol–water partition coefficient (Wildman–Crippen LogP) is 1.29. The lowest BCUT2D eigenvalue weighted by atomic mass is 9.96. The van der Waals surface area contributed by atoms with E-state index in [-0.39, 0.29) is 12.0 Å². The molecule has 0 fully saturated rings. The standard InChI is InChI=1S/C9H16N2O2/c1-9(2,3)8-10-7(13-11-8)5-4-6-12/h12H,4-6H2,1-3H3. The molecule has 1 N–H and O–H groups in total. The highest BCUT2D eigenvalue weighted by molar-refractivity contribution is 4.99. The molecule has 1 heterocycles. The molecule has 4 heteroatoms. The smallest absolute Gasteiger partial charge is 0.226 e. The second kappa shape index (κ2) is 3.87. The van der Waals surface area contributed by atoms with Gasteiger partial charge in [0.25, 0.3) is 0 Å². The Morgan fingerprint density at radius 2 is 2.08 bits per heavy atom. The molecule has 0 aliphatic heterocycles. The van der Waals surface area contributed by atoms with Crippen LogP contribution in [0.15, 0.2) is 4.52 Å². The second-order valence-electron chi connectivity index (χ2n) is 4.09. The van der Waals surface area contributed by atoms with Crippen LogP contribution < -0.4 is 0 Å². The van der Waals surface area contributed by atoms with Crippen LogP contribution in [0.4, 0.5) is 0 Å². The fraction of sp³-hybridized carbons (Fsp3) is 0.778. The molecule has 74 valence electrons. The van der Waals surface area contributed by atoms with E-state index in [2.05, 4.69) is 10.1 Å². The SMILES string of the molecule is CC(C)(C)c1noc(CCCO)n1. The third kappa shape index (κ3) is 2.81. The zero-order chi connectivity index (χ0) is 9.90. The summed E-state index contributed by atoms with van der Waals surface area (Å²) < 4.78 is 5.02. The van der Waals surface area contributed by atoms with E-state index < -0.39 is 0 Å². The number of hydrogen-bond donors (Lipinski definition) is 1. The van der Waals surface area contributed by atoms with Crippen molar-refractivity contribution in [2.45, 2.75) is 39.0 Å². The van der Waals surface area contributed by atoms with E-state index in [0.717, 1.165) is 5.82 Å². The summed E-state index contributed by atoms with van der Waals surface area (Å²) in [5.74, 6) is 1.33. The molecule has 1 rings (SSSR count). The van der Waals surface area contributed by atoms with Crippen molar-refractivity contribution in [3.8, 4) is 0 Å². The third-order valence-corrected chi connectivity index (χ3v) is 1.69. The maximum absolute atomic E-state index is 8.60. The summed E-state index contributed by atoms with van der Waals surface area (Å²) in [6.45, 7) is 6.27. The molecular weight excluding hydrogens is 168 g/mol. The zero-order valence-electron chi connectivity index (χ0n) is 8.37. The van der Waals surface area contributed by atoms with Crippen LogP contribution in [-0.2, 0) is 11.8 Å². The second-order valence-corrected chi connectivity index (χ2v) is 4.09. The monoisotopic (exact) mass is 184 g/mol. The fourth-order valence-electron chi connectivity index (χ4n) is 0.891. The number of aromatic nitrogens is 2. The number of aliphatic hydroxyl groups is 1.